The lowest BCUT2D eigenvalue weighted by molar-refractivity contribution is 0.151. The minimum Gasteiger partial charge on any atom is -0.330 e. The van der Waals surface area contributed by atoms with Crippen LogP contribution in [-0.4, -0.2) is 6.54 Å². The molecule has 1 fully saturated rings. The Bertz CT molecular complexity index is 375. The highest BCUT2D eigenvalue weighted by molar-refractivity contribution is 6.31. The van der Waals surface area contributed by atoms with Crippen LogP contribution in [0.25, 0.3) is 0 Å². The highest BCUT2D eigenvalue weighted by Crippen LogP contribution is 2.49. The van der Waals surface area contributed by atoms with E-state index < -0.39 is 6.43 Å². The number of rotatable bonds is 3. The van der Waals surface area contributed by atoms with Crippen LogP contribution in [0.4, 0.5) is 8.78 Å². The van der Waals surface area contributed by atoms with Crippen LogP contribution in [0.5, 0.6) is 0 Å². The van der Waals surface area contributed by atoms with Gasteiger partial charge in [0.2, 0.25) is 0 Å². The maximum atomic E-state index is 12.4. The molecule has 82 valence electrons. The molecular weight excluding hydrogens is 220 g/mol. The van der Waals surface area contributed by atoms with E-state index in [2.05, 4.69) is 0 Å². The molecule has 1 aliphatic rings. The van der Waals surface area contributed by atoms with Crippen molar-refractivity contribution >= 4 is 11.6 Å². The quantitative estimate of drug-likeness (QED) is 0.849. The fraction of sp³-hybridized carbons (Fsp3) is 0.455. The van der Waals surface area contributed by atoms with Gasteiger partial charge in [0.15, 0.2) is 0 Å². The molecule has 2 N–H and O–H groups in total. The summed E-state index contributed by atoms with van der Waals surface area (Å²) in [6.45, 7) is 0.529. The maximum Gasteiger partial charge on any atom is 0.263 e. The van der Waals surface area contributed by atoms with Gasteiger partial charge in [-0.3, -0.25) is 0 Å². The SMILES string of the molecule is NCC1(c2ccc(C(F)F)cc2Cl)CC1. The number of hydrogen-bond donors (Lipinski definition) is 1. The van der Waals surface area contributed by atoms with Gasteiger partial charge in [0.05, 0.1) is 0 Å². The van der Waals surface area contributed by atoms with Crippen LogP contribution >= 0.6 is 11.6 Å². The average Bonchev–Trinajstić information content (AvgIpc) is 2.98. The Hall–Kier alpha value is -0.670. The molecule has 0 unspecified atom stereocenters. The van der Waals surface area contributed by atoms with Crippen LogP contribution in [0.3, 0.4) is 0 Å². The maximum absolute atomic E-state index is 12.4. The van der Waals surface area contributed by atoms with E-state index >= 15 is 0 Å². The third-order valence-corrected chi connectivity index (χ3v) is 3.37. The summed E-state index contributed by atoms with van der Waals surface area (Å²) in [5.41, 5.74) is 6.50. The number of benzene rings is 1. The Morgan fingerprint density at radius 2 is 2.07 bits per heavy atom. The lowest BCUT2D eigenvalue weighted by Crippen LogP contribution is -2.20. The number of alkyl halides is 2. The molecule has 0 radical (unpaired) electrons. The van der Waals surface area contributed by atoms with E-state index in [1.807, 2.05) is 0 Å². The van der Waals surface area contributed by atoms with Crippen LogP contribution < -0.4 is 5.73 Å². The first kappa shape index (κ1) is 10.8. The minimum absolute atomic E-state index is 0.0310. The minimum atomic E-state index is -2.47. The van der Waals surface area contributed by atoms with Crippen molar-refractivity contribution in [3.05, 3.63) is 34.3 Å². The van der Waals surface area contributed by atoms with Crippen molar-refractivity contribution in [2.24, 2.45) is 5.73 Å². The van der Waals surface area contributed by atoms with Gasteiger partial charge in [0, 0.05) is 22.5 Å². The van der Waals surface area contributed by atoms with Crippen LogP contribution in [0, 0.1) is 0 Å². The Morgan fingerprint density at radius 1 is 1.40 bits per heavy atom. The van der Waals surface area contributed by atoms with Gasteiger partial charge in [-0.15, -0.1) is 0 Å². The zero-order valence-corrected chi connectivity index (χ0v) is 8.90. The second-order valence-corrected chi connectivity index (χ2v) is 4.43. The van der Waals surface area contributed by atoms with Crippen molar-refractivity contribution in [2.45, 2.75) is 24.7 Å². The van der Waals surface area contributed by atoms with Crippen molar-refractivity contribution in [3.8, 4) is 0 Å². The summed E-state index contributed by atoms with van der Waals surface area (Å²) in [6, 6.07) is 4.46. The highest BCUT2D eigenvalue weighted by Gasteiger charge is 2.44. The summed E-state index contributed by atoms with van der Waals surface area (Å²) in [4.78, 5) is 0. The number of hydrogen-bond acceptors (Lipinski definition) is 1. The van der Waals surface area contributed by atoms with Gasteiger partial charge < -0.3 is 5.73 Å². The normalized spacial score (nSPS) is 18.2. The molecule has 15 heavy (non-hydrogen) atoms. The molecule has 0 atom stereocenters. The smallest absolute Gasteiger partial charge is 0.263 e. The van der Waals surface area contributed by atoms with Crippen molar-refractivity contribution in [2.75, 3.05) is 6.54 Å². The van der Waals surface area contributed by atoms with Crippen molar-refractivity contribution in [1.29, 1.82) is 0 Å². The van der Waals surface area contributed by atoms with Gasteiger partial charge in [-0.05, 0) is 24.5 Å². The Balaban J connectivity index is 2.35. The molecule has 4 heteroatoms. The van der Waals surface area contributed by atoms with E-state index in [1.54, 1.807) is 6.07 Å². The van der Waals surface area contributed by atoms with E-state index in [4.69, 9.17) is 17.3 Å². The lowest BCUT2D eigenvalue weighted by atomic mass is 9.95. The molecule has 1 saturated carbocycles. The van der Waals surface area contributed by atoms with E-state index in [0.717, 1.165) is 18.4 Å². The molecule has 0 spiro atoms. The zero-order chi connectivity index (χ0) is 11.1. The molecule has 0 saturated heterocycles. The molecular formula is C11H12ClF2N. The summed E-state index contributed by atoms with van der Waals surface area (Å²) in [6.07, 6.45) is -0.473. The van der Waals surface area contributed by atoms with E-state index in [9.17, 15) is 8.78 Å². The first-order valence-electron chi connectivity index (χ1n) is 4.87. The molecule has 0 aromatic heterocycles. The van der Waals surface area contributed by atoms with Gasteiger partial charge in [-0.2, -0.15) is 0 Å². The Labute approximate surface area is 92.2 Å². The highest BCUT2D eigenvalue weighted by atomic mass is 35.5. The second kappa shape index (κ2) is 3.72. The first-order valence-corrected chi connectivity index (χ1v) is 5.25. The van der Waals surface area contributed by atoms with Gasteiger partial charge >= 0.3 is 0 Å². The Kier molecular flexibility index (Phi) is 2.69. The van der Waals surface area contributed by atoms with E-state index in [1.165, 1.54) is 12.1 Å². The standard InChI is InChI=1S/C11H12ClF2N/c12-9-5-7(10(13)14)1-2-8(9)11(6-15)3-4-11/h1-2,5,10H,3-4,6,15H2. The second-order valence-electron chi connectivity index (χ2n) is 4.02. The van der Waals surface area contributed by atoms with Crippen LogP contribution in [0.2, 0.25) is 5.02 Å². The van der Waals surface area contributed by atoms with Gasteiger partial charge in [-0.1, -0.05) is 23.7 Å². The summed E-state index contributed by atoms with van der Waals surface area (Å²) in [5, 5.41) is 0.413. The molecule has 1 aromatic rings. The number of nitrogens with two attached hydrogens (primary N) is 1. The zero-order valence-electron chi connectivity index (χ0n) is 8.14. The topological polar surface area (TPSA) is 26.0 Å². The van der Waals surface area contributed by atoms with Gasteiger partial charge in [0.25, 0.3) is 6.43 Å². The molecule has 0 aliphatic heterocycles. The molecule has 0 amide bonds. The molecule has 1 aliphatic carbocycles. The van der Waals surface area contributed by atoms with E-state index in [0.29, 0.717) is 11.6 Å². The predicted octanol–water partition coefficient (Wildman–Crippen LogP) is 3.27. The van der Waals surface area contributed by atoms with Crippen LogP contribution in [-0.2, 0) is 5.41 Å². The largest absolute Gasteiger partial charge is 0.330 e. The average molecular weight is 232 g/mol. The fourth-order valence-electron chi connectivity index (χ4n) is 1.83. The van der Waals surface area contributed by atoms with Crippen molar-refractivity contribution in [3.63, 3.8) is 0 Å². The van der Waals surface area contributed by atoms with Gasteiger partial charge in [0.1, 0.15) is 0 Å². The number of halogens is 3. The fourth-order valence-corrected chi connectivity index (χ4v) is 2.22. The van der Waals surface area contributed by atoms with Crippen LogP contribution in [0.15, 0.2) is 18.2 Å². The van der Waals surface area contributed by atoms with Crippen LogP contribution in [0.1, 0.15) is 30.4 Å². The third-order valence-electron chi connectivity index (χ3n) is 3.06. The lowest BCUT2D eigenvalue weighted by Gasteiger charge is -2.15. The predicted molar refractivity (Wildman–Crippen MR) is 56.4 cm³/mol. The third kappa shape index (κ3) is 1.86. The molecule has 0 heterocycles. The molecule has 1 nitrogen and oxygen atoms in total. The summed E-state index contributed by atoms with van der Waals surface area (Å²) >= 11 is 5.99. The van der Waals surface area contributed by atoms with Gasteiger partial charge in [-0.25, -0.2) is 8.78 Å². The molecule has 1 aromatic carbocycles. The summed E-state index contributed by atoms with van der Waals surface area (Å²) < 4.78 is 24.8. The molecule has 2 rings (SSSR count). The van der Waals surface area contributed by atoms with Crippen molar-refractivity contribution in [1.82, 2.24) is 0 Å². The first-order chi connectivity index (χ1) is 7.09. The monoisotopic (exact) mass is 231 g/mol. The summed E-state index contributed by atoms with van der Waals surface area (Å²) in [7, 11) is 0. The molecule has 0 bridgehead atoms. The van der Waals surface area contributed by atoms with E-state index in [-0.39, 0.29) is 11.0 Å². The Morgan fingerprint density at radius 3 is 2.47 bits per heavy atom. The summed E-state index contributed by atoms with van der Waals surface area (Å²) in [5.74, 6) is 0. The van der Waals surface area contributed by atoms with Crippen molar-refractivity contribution < 1.29 is 8.78 Å².